The number of nitrogens with zero attached hydrogens (tertiary/aromatic N) is 1. The lowest BCUT2D eigenvalue weighted by Gasteiger charge is -2.29. The number of aliphatic carboxylic acids is 1. The largest absolute Gasteiger partial charge is 0.480 e. The van der Waals surface area contributed by atoms with E-state index in [0.717, 1.165) is 22.3 Å². The van der Waals surface area contributed by atoms with Crippen LogP contribution >= 0.6 is 0 Å². The molecule has 2 amide bonds. The van der Waals surface area contributed by atoms with Gasteiger partial charge in [-0.15, -0.1) is 0 Å². The number of amides is 2. The molecule has 0 radical (unpaired) electrons. The third kappa shape index (κ3) is 5.56. The molecule has 8 heteroatoms. The molecule has 2 aromatic rings. The van der Waals surface area contributed by atoms with Crippen molar-refractivity contribution in [3.8, 4) is 11.1 Å². The van der Waals surface area contributed by atoms with E-state index in [0.29, 0.717) is 6.42 Å². The van der Waals surface area contributed by atoms with Gasteiger partial charge in [-0.05, 0) is 49.7 Å². The van der Waals surface area contributed by atoms with Crippen molar-refractivity contribution in [3.63, 3.8) is 0 Å². The molecule has 2 aromatic carbocycles. The van der Waals surface area contributed by atoms with E-state index in [1.807, 2.05) is 43.3 Å². The van der Waals surface area contributed by atoms with Crippen molar-refractivity contribution < 1.29 is 24.2 Å². The van der Waals surface area contributed by atoms with Gasteiger partial charge in [0.2, 0.25) is 5.91 Å². The van der Waals surface area contributed by atoms with E-state index in [-0.39, 0.29) is 25.5 Å². The van der Waals surface area contributed by atoms with Gasteiger partial charge >= 0.3 is 12.1 Å². The van der Waals surface area contributed by atoms with Crippen LogP contribution in [0.4, 0.5) is 4.79 Å². The maximum absolute atomic E-state index is 12.9. The fourth-order valence-electron chi connectivity index (χ4n) is 4.42. The fourth-order valence-corrected chi connectivity index (χ4v) is 4.42. The lowest BCUT2D eigenvalue weighted by Crippen LogP contribution is -2.59. The maximum atomic E-state index is 12.9. The Morgan fingerprint density at radius 1 is 1.06 bits per heavy atom. The minimum Gasteiger partial charge on any atom is -0.480 e. The molecule has 1 aliphatic carbocycles. The summed E-state index contributed by atoms with van der Waals surface area (Å²) < 4.78 is 5.56. The number of hydrogen-bond acceptors (Lipinski definition) is 5. The van der Waals surface area contributed by atoms with E-state index >= 15 is 0 Å². The zero-order valence-electron chi connectivity index (χ0n) is 20.1. The van der Waals surface area contributed by atoms with Crippen LogP contribution in [0.15, 0.2) is 48.5 Å². The molecular weight excluding hydrogens is 434 g/mol. The summed E-state index contributed by atoms with van der Waals surface area (Å²) in [4.78, 5) is 39.1. The van der Waals surface area contributed by atoms with E-state index in [9.17, 15) is 19.5 Å². The number of carbonyl (C=O) groups is 3. The smallest absolute Gasteiger partial charge is 0.407 e. The average Bonchev–Trinajstić information content (AvgIpc) is 3.10. The van der Waals surface area contributed by atoms with E-state index in [1.54, 1.807) is 19.0 Å². The first-order chi connectivity index (χ1) is 16.2. The first kappa shape index (κ1) is 25.2. The summed E-state index contributed by atoms with van der Waals surface area (Å²) >= 11 is 0. The van der Waals surface area contributed by atoms with Crippen LogP contribution in [0, 0.1) is 0 Å². The number of nitrogens with one attached hydrogen (secondary N) is 2. The summed E-state index contributed by atoms with van der Waals surface area (Å²) in [6.07, 6.45) is 0.131. The van der Waals surface area contributed by atoms with Crippen LogP contribution in [-0.4, -0.2) is 66.8 Å². The number of rotatable bonds is 10. The predicted octanol–water partition coefficient (Wildman–Crippen LogP) is 3.21. The molecule has 8 nitrogen and oxygen atoms in total. The van der Waals surface area contributed by atoms with Crippen molar-refractivity contribution in [1.29, 1.82) is 0 Å². The Balaban J connectivity index is 1.69. The fraction of sp³-hybridized carbons (Fsp3) is 0.423. The second-order valence-electron chi connectivity index (χ2n) is 9.16. The number of likely N-dealkylation sites (N-methyl/N-ethyl adjacent to an activating group) is 1. The van der Waals surface area contributed by atoms with Gasteiger partial charge in [0, 0.05) is 12.5 Å². The number of carboxylic acid groups (broad SMARTS) is 1. The van der Waals surface area contributed by atoms with Crippen molar-refractivity contribution in [1.82, 2.24) is 15.5 Å². The third-order valence-electron chi connectivity index (χ3n) is 6.12. The first-order valence-corrected chi connectivity index (χ1v) is 11.5. The van der Waals surface area contributed by atoms with E-state index < -0.39 is 29.6 Å². The number of hydrogen-bond donors (Lipinski definition) is 3. The quantitative estimate of drug-likeness (QED) is 0.495. The summed E-state index contributed by atoms with van der Waals surface area (Å²) in [6, 6.07) is 15.1. The van der Waals surface area contributed by atoms with E-state index in [4.69, 9.17) is 4.74 Å². The second kappa shape index (κ2) is 10.7. The molecule has 3 N–H and O–H groups in total. The van der Waals surface area contributed by atoms with Crippen LogP contribution in [0.25, 0.3) is 11.1 Å². The van der Waals surface area contributed by atoms with Gasteiger partial charge in [0.05, 0.1) is 0 Å². The van der Waals surface area contributed by atoms with Gasteiger partial charge in [-0.1, -0.05) is 61.9 Å². The molecule has 0 aliphatic heterocycles. The second-order valence-corrected chi connectivity index (χ2v) is 9.16. The van der Waals surface area contributed by atoms with Crippen molar-refractivity contribution in [2.75, 3.05) is 27.2 Å². The highest BCUT2D eigenvalue weighted by Crippen LogP contribution is 2.44. The SMILES string of the molecule is CCCC(C)(NC(=O)[C@H](CN(C)C)NC(=O)OCC1c2ccccc2-c2ccccc21)C(=O)O. The molecule has 0 heterocycles. The Morgan fingerprint density at radius 2 is 1.62 bits per heavy atom. The summed E-state index contributed by atoms with van der Waals surface area (Å²) in [6.45, 7) is 3.63. The minimum absolute atomic E-state index is 0.0980. The number of fused-ring (bicyclic) bond motifs is 3. The number of alkyl carbamates (subject to hydrolysis) is 1. The Labute approximate surface area is 200 Å². The molecule has 182 valence electrons. The summed E-state index contributed by atoms with van der Waals surface area (Å²) in [5, 5.41) is 14.8. The standard InChI is InChI=1S/C26H33N3O5/c1-5-14-26(2,24(31)32)28-23(30)22(15-29(3)4)27-25(33)34-16-21-19-12-8-6-10-17(19)18-11-7-9-13-20(18)21/h6-13,21-22H,5,14-16H2,1-4H3,(H,27,33)(H,28,30)(H,31,32)/t22-,26?/m0/s1. The Hall–Kier alpha value is -3.39. The molecule has 1 aliphatic rings. The highest BCUT2D eigenvalue weighted by atomic mass is 16.5. The Bertz CT molecular complexity index is 1010. The van der Waals surface area contributed by atoms with Crippen LogP contribution in [0.3, 0.4) is 0 Å². The lowest BCUT2D eigenvalue weighted by atomic mass is 9.95. The van der Waals surface area contributed by atoms with Crippen molar-refractivity contribution in [2.24, 2.45) is 0 Å². The van der Waals surface area contributed by atoms with Gasteiger partial charge in [0.15, 0.2) is 0 Å². The molecule has 0 bridgehead atoms. The van der Waals surface area contributed by atoms with Crippen molar-refractivity contribution in [3.05, 3.63) is 59.7 Å². The summed E-state index contributed by atoms with van der Waals surface area (Å²) in [5.74, 6) is -1.79. The molecule has 0 saturated carbocycles. The van der Waals surface area contributed by atoms with Gasteiger partial charge in [-0.2, -0.15) is 0 Å². The van der Waals surface area contributed by atoms with Crippen molar-refractivity contribution >= 4 is 18.0 Å². The molecule has 34 heavy (non-hydrogen) atoms. The van der Waals surface area contributed by atoms with E-state index in [2.05, 4.69) is 22.8 Å². The Kier molecular flexibility index (Phi) is 7.94. The zero-order chi connectivity index (χ0) is 24.9. The first-order valence-electron chi connectivity index (χ1n) is 11.5. The van der Waals surface area contributed by atoms with Crippen LogP contribution in [-0.2, 0) is 14.3 Å². The van der Waals surface area contributed by atoms with Gasteiger partial charge in [0.1, 0.15) is 18.2 Å². The average molecular weight is 468 g/mol. The molecule has 0 fully saturated rings. The van der Waals surface area contributed by atoms with Crippen LogP contribution in [0.5, 0.6) is 0 Å². The molecule has 2 atom stereocenters. The molecule has 3 rings (SSSR count). The number of carbonyl (C=O) groups excluding carboxylic acids is 2. The lowest BCUT2D eigenvalue weighted by molar-refractivity contribution is -0.147. The third-order valence-corrected chi connectivity index (χ3v) is 6.12. The molecule has 0 saturated heterocycles. The van der Waals surface area contributed by atoms with Gasteiger partial charge in [-0.3, -0.25) is 4.79 Å². The van der Waals surface area contributed by atoms with Gasteiger partial charge < -0.3 is 25.4 Å². The predicted molar refractivity (Wildman–Crippen MR) is 130 cm³/mol. The number of ether oxygens (including phenoxy) is 1. The van der Waals surface area contributed by atoms with Gasteiger partial charge in [0.25, 0.3) is 0 Å². The van der Waals surface area contributed by atoms with Gasteiger partial charge in [-0.25, -0.2) is 9.59 Å². The number of carboxylic acids is 1. The van der Waals surface area contributed by atoms with Crippen LogP contribution in [0.2, 0.25) is 0 Å². The monoisotopic (exact) mass is 467 g/mol. The summed E-state index contributed by atoms with van der Waals surface area (Å²) in [5.41, 5.74) is 3.02. The summed E-state index contributed by atoms with van der Waals surface area (Å²) in [7, 11) is 3.53. The number of benzene rings is 2. The normalized spacial score (nSPS) is 15.1. The van der Waals surface area contributed by atoms with E-state index in [1.165, 1.54) is 6.92 Å². The van der Waals surface area contributed by atoms with Crippen LogP contribution < -0.4 is 10.6 Å². The molecule has 1 unspecified atom stereocenters. The highest BCUT2D eigenvalue weighted by Gasteiger charge is 2.37. The highest BCUT2D eigenvalue weighted by molar-refractivity contribution is 5.91. The molecule has 0 aromatic heterocycles. The molecule has 0 spiro atoms. The van der Waals surface area contributed by atoms with Crippen molar-refractivity contribution in [2.45, 2.75) is 44.2 Å². The minimum atomic E-state index is -1.42. The molecular formula is C26H33N3O5. The van der Waals surface area contributed by atoms with Crippen LogP contribution in [0.1, 0.15) is 43.7 Å². The maximum Gasteiger partial charge on any atom is 0.407 e. The topological polar surface area (TPSA) is 108 Å². The zero-order valence-corrected chi connectivity index (χ0v) is 20.1. The Morgan fingerprint density at radius 3 is 2.12 bits per heavy atom.